The molecule has 1 N–H and O–H groups in total. The average molecular weight is 266 g/mol. The van der Waals surface area contributed by atoms with Crippen molar-refractivity contribution in [1.29, 1.82) is 0 Å². The lowest BCUT2D eigenvalue weighted by atomic mass is 9.89. The summed E-state index contributed by atoms with van der Waals surface area (Å²) in [5.74, 6) is 2.82. The molecule has 0 aromatic carbocycles. The van der Waals surface area contributed by atoms with Crippen molar-refractivity contribution in [3.8, 4) is 0 Å². The predicted molar refractivity (Wildman–Crippen MR) is 83.4 cm³/mol. The molecule has 2 heteroatoms. The lowest BCUT2D eigenvalue weighted by Gasteiger charge is -2.27. The first-order valence-corrected chi connectivity index (χ1v) is 8.66. The molecule has 1 aliphatic carbocycles. The Kier molecular flexibility index (Phi) is 6.15. The van der Waals surface area contributed by atoms with Gasteiger partial charge in [0.15, 0.2) is 0 Å². The molecular formula is C17H34N2. The van der Waals surface area contributed by atoms with Gasteiger partial charge in [-0.25, -0.2) is 0 Å². The van der Waals surface area contributed by atoms with E-state index in [-0.39, 0.29) is 0 Å². The first-order valence-electron chi connectivity index (χ1n) is 8.66. The van der Waals surface area contributed by atoms with Crippen molar-refractivity contribution in [2.45, 2.75) is 65.3 Å². The van der Waals surface area contributed by atoms with Crippen LogP contribution in [0.3, 0.4) is 0 Å². The lowest BCUT2D eigenvalue weighted by Crippen LogP contribution is -2.43. The quantitative estimate of drug-likeness (QED) is 0.758. The molecule has 2 fully saturated rings. The van der Waals surface area contributed by atoms with E-state index in [9.17, 15) is 0 Å². The zero-order valence-electron chi connectivity index (χ0n) is 13.3. The Morgan fingerprint density at radius 1 is 1.05 bits per heavy atom. The molecule has 1 saturated carbocycles. The molecule has 0 spiro atoms. The maximum atomic E-state index is 3.79. The minimum atomic E-state index is 0.774. The second kappa shape index (κ2) is 7.64. The van der Waals surface area contributed by atoms with E-state index >= 15 is 0 Å². The zero-order valence-corrected chi connectivity index (χ0v) is 13.3. The van der Waals surface area contributed by atoms with Crippen LogP contribution in [0.25, 0.3) is 0 Å². The number of nitrogens with zero attached hydrogens (tertiary/aromatic N) is 1. The Morgan fingerprint density at radius 2 is 1.84 bits per heavy atom. The Hall–Kier alpha value is -0.0800. The normalized spacial score (nSPS) is 27.5. The van der Waals surface area contributed by atoms with Gasteiger partial charge in [-0.3, -0.25) is 0 Å². The fraction of sp³-hybridized carbons (Fsp3) is 1.00. The molecule has 2 unspecified atom stereocenters. The summed E-state index contributed by atoms with van der Waals surface area (Å²) >= 11 is 0. The average Bonchev–Trinajstić information content (AvgIpc) is 3.20. The van der Waals surface area contributed by atoms with E-state index in [1.807, 2.05) is 0 Å². The van der Waals surface area contributed by atoms with Crippen LogP contribution >= 0.6 is 0 Å². The molecule has 1 saturated heterocycles. The highest BCUT2D eigenvalue weighted by atomic mass is 15.2. The van der Waals surface area contributed by atoms with Crippen molar-refractivity contribution >= 4 is 0 Å². The Labute approximate surface area is 120 Å². The van der Waals surface area contributed by atoms with Gasteiger partial charge in [0.25, 0.3) is 0 Å². The van der Waals surface area contributed by atoms with Crippen LogP contribution in [0.4, 0.5) is 0 Å². The zero-order chi connectivity index (χ0) is 13.7. The molecule has 2 atom stereocenters. The fourth-order valence-electron chi connectivity index (χ4n) is 3.52. The summed E-state index contributed by atoms with van der Waals surface area (Å²) in [4.78, 5) is 2.74. The molecule has 0 aromatic heterocycles. The van der Waals surface area contributed by atoms with Gasteiger partial charge in [-0.15, -0.1) is 0 Å². The van der Waals surface area contributed by atoms with Crippen molar-refractivity contribution < 1.29 is 0 Å². The maximum absolute atomic E-state index is 3.79. The van der Waals surface area contributed by atoms with Crippen molar-refractivity contribution in [3.05, 3.63) is 0 Å². The van der Waals surface area contributed by atoms with E-state index in [1.54, 1.807) is 0 Å². The Balaban J connectivity index is 1.77. The predicted octanol–water partition coefficient (Wildman–Crippen LogP) is 3.52. The van der Waals surface area contributed by atoms with Gasteiger partial charge in [0.1, 0.15) is 0 Å². The maximum Gasteiger partial charge on any atom is 0.0223 e. The second-order valence-corrected chi connectivity index (χ2v) is 7.13. The number of hydrogen-bond donors (Lipinski definition) is 1. The molecule has 1 heterocycles. The summed E-state index contributed by atoms with van der Waals surface area (Å²) in [7, 11) is 0. The summed E-state index contributed by atoms with van der Waals surface area (Å²) in [5, 5.41) is 3.79. The molecule has 0 aromatic rings. The molecule has 0 radical (unpaired) electrons. The number of hydrogen-bond acceptors (Lipinski definition) is 2. The van der Waals surface area contributed by atoms with E-state index < -0.39 is 0 Å². The van der Waals surface area contributed by atoms with Gasteiger partial charge >= 0.3 is 0 Å². The standard InChI is InChI=1S/C17H34N2/c1-4-10-18-17(16-7-8-16)13-19-11-5-6-15(9-12-19)14(2)3/h14-18H,4-13H2,1-3H3. The third-order valence-electron chi connectivity index (χ3n) is 5.11. The van der Waals surface area contributed by atoms with E-state index in [0.29, 0.717) is 0 Å². The smallest absolute Gasteiger partial charge is 0.0223 e. The molecule has 2 aliphatic rings. The van der Waals surface area contributed by atoms with Crippen LogP contribution in [-0.2, 0) is 0 Å². The highest BCUT2D eigenvalue weighted by molar-refractivity contribution is 4.89. The summed E-state index contributed by atoms with van der Waals surface area (Å²) in [6.45, 7) is 12.2. The Bertz CT molecular complexity index is 248. The van der Waals surface area contributed by atoms with Crippen LogP contribution < -0.4 is 5.32 Å². The monoisotopic (exact) mass is 266 g/mol. The van der Waals surface area contributed by atoms with Gasteiger partial charge in [-0.1, -0.05) is 20.8 Å². The molecule has 1 aliphatic heterocycles. The highest BCUT2D eigenvalue weighted by Crippen LogP contribution is 2.33. The summed E-state index contributed by atoms with van der Waals surface area (Å²) in [5.41, 5.74) is 0. The van der Waals surface area contributed by atoms with Gasteiger partial charge in [0.05, 0.1) is 0 Å². The van der Waals surface area contributed by atoms with Gasteiger partial charge in [-0.2, -0.15) is 0 Å². The molecule has 19 heavy (non-hydrogen) atoms. The molecule has 0 amide bonds. The van der Waals surface area contributed by atoms with Crippen LogP contribution in [0.2, 0.25) is 0 Å². The first kappa shape index (κ1) is 15.3. The molecule has 2 rings (SSSR count). The number of nitrogens with one attached hydrogen (secondary N) is 1. The van der Waals surface area contributed by atoms with Crippen molar-refractivity contribution in [1.82, 2.24) is 10.2 Å². The van der Waals surface area contributed by atoms with Crippen LogP contribution in [0.15, 0.2) is 0 Å². The van der Waals surface area contributed by atoms with Crippen LogP contribution in [-0.4, -0.2) is 37.1 Å². The minimum Gasteiger partial charge on any atom is -0.312 e. The third-order valence-corrected chi connectivity index (χ3v) is 5.11. The van der Waals surface area contributed by atoms with Gasteiger partial charge < -0.3 is 10.2 Å². The number of likely N-dealkylation sites (tertiary alicyclic amines) is 1. The molecular weight excluding hydrogens is 232 g/mol. The largest absolute Gasteiger partial charge is 0.312 e. The van der Waals surface area contributed by atoms with Crippen LogP contribution in [0, 0.1) is 17.8 Å². The highest BCUT2D eigenvalue weighted by Gasteiger charge is 2.32. The summed E-state index contributed by atoms with van der Waals surface area (Å²) in [6.07, 6.45) is 8.47. The molecule has 112 valence electrons. The molecule has 2 nitrogen and oxygen atoms in total. The van der Waals surface area contributed by atoms with E-state index in [0.717, 1.165) is 23.8 Å². The molecule has 0 bridgehead atoms. The first-order chi connectivity index (χ1) is 9.20. The van der Waals surface area contributed by atoms with Crippen molar-refractivity contribution in [2.75, 3.05) is 26.2 Å². The third kappa shape index (κ3) is 5.07. The fourth-order valence-corrected chi connectivity index (χ4v) is 3.52. The topological polar surface area (TPSA) is 15.3 Å². The van der Waals surface area contributed by atoms with Gasteiger partial charge in [-0.05, 0) is 75.9 Å². The van der Waals surface area contributed by atoms with Gasteiger partial charge in [0.2, 0.25) is 0 Å². The van der Waals surface area contributed by atoms with E-state index in [1.165, 1.54) is 64.7 Å². The second-order valence-electron chi connectivity index (χ2n) is 7.13. The summed E-state index contributed by atoms with van der Waals surface area (Å²) < 4.78 is 0. The van der Waals surface area contributed by atoms with Crippen molar-refractivity contribution in [2.24, 2.45) is 17.8 Å². The lowest BCUT2D eigenvalue weighted by molar-refractivity contribution is 0.232. The van der Waals surface area contributed by atoms with Gasteiger partial charge in [0, 0.05) is 12.6 Å². The van der Waals surface area contributed by atoms with Crippen molar-refractivity contribution in [3.63, 3.8) is 0 Å². The number of rotatable bonds is 7. The minimum absolute atomic E-state index is 0.774. The van der Waals surface area contributed by atoms with Crippen LogP contribution in [0.1, 0.15) is 59.3 Å². The SMILES string of the molecule is CCCNC(CN1CCCC(C(C)C)CC1)C1CC1. The van der Waals surface area contributed by atoms with Crippen LogP contribution in [0.5, 0.6) is 0 Å². The summed E-state index contributed by atoms with van der Waals surface area (Å²) in [6, 6.07) is 0.774. The van der Waals surface area contributed by atoms with E-state index in [4.69, 9.17) is 0 Å². The van der Waals surface area contributed by atoms with E-state index in [2.05, 4.69) is 31.0 Å². The Morgan fingerprint density at radius 3 is 2.47 bits per heavy atom.